The van der Waals surface area contributed by atoms with E-state index in [0.29, 0.717) is 19.0 Å². The van der Waals surface area contributed by atoms with E-state index >= 15 is 0 Å². The maximum atomic E-state index is 13.2. The highest BCUT2D eigenvalue weighted by Gasteiger charge is 2.05. The topological polar surface area (TPSA) is 67.1 Å². The van der Waals surface area contributed by atoms with Crippen molar-refractivity contribution in [3.05, 3.63) is 77.0 Å². The largest absolute Gasteiger partial charge is 0.356 e. The Morgan fingerprint density at radius 3 is 2.61 bits per heavy atom. The van der Waals surface area contributed by atoms with E-state index < -0.39 is 0 Å². The van der Waals surface area contributed by atoms with Crippen LogP contribution in [0.4, 0.5) is 4.39 Å². The van der Waals surface area contributed by atoms with Crippen molar-refractivity contribution in [1.82, 2.24) is 25.4 Å². The van der Waals surface area contributed by atoms with Gasteiger partial charge in [-0.05, 0) is 55.7 Å². The van der Waals surface area contributed by atoms with Crippen LogP contribution in [0.3, 0.4) is 0 Å². The Bertz CT molecular complexity index is 946. The number of aromatic nitrogens is 3. The first-order valence-electron chi connectivity index (χ1n) is 9.22. The van der Waals surface area contributed by atoms with Crippen molar-refractivity contribution < 1.29 is 4.39 Å². The van der Waals surface area contributed by atoms with Gasteiger partial charge in [0.05, 0.1) is 5.69 Å². The van der Waals surface area contributed by atoms with E-state index in [1.54, 1.807) is 19.2 Å². The molecule has 0 saturated heterocycles. The predicted molar refractivity (Wildman–Crippen MR) is 109 cm³/mol. The van der Waals surface area contributed by atoms with E-state index in [1.807, 2.05) is 49.0 Å². The highest BCUT2D eigenvalue weighted by molar-refractivity contribution is 5.79. The smallest absolute Gasteiger partial charge is 0.191 e. The molecule has 1 aromatic carbocycles. The number of benzene rings is 1. The van der Waals surface area contributed by atoms with Crippen LogP contribution >= 0.6 is 0 Å². The minimum Gasteiger partial charge on any atom is -0.356 e. The lowest BCUT2D eigenvalue weighted by atomic mass is 10.1. The second kappa shape index (κ2) is 9.12. The zero-order chi connectivity index (χ0) is 19.9. The lowest BCUT2D eigenvalue weighted by molar-refractivity contribution is 0.625. The molecule has 2 aromatic heterocycles. The molecule has 0 spiro atoms. The normalized spacial score (nSPS) is 11.5. The first-order valence-corrected chi connectivity index (χ1v) is 9.22. The number of pyridine rings is 1. The summed E-state index contributed by atoms with van der Waals surface area (Å²) in [5.41, 5.74) is 4.02. The fourth-order valence-electron chi connectivity index (χ4n) is 2.93. The van der Waals surface area contributed by atoms with Gasteiger partial charge in [0.2, 0.25) is 0 Å². The van der Waals surface area contributed by atoms with Crippen LogP contribution in [0.2, 0.25) is 0 Å². The number of hydrogen-bond donors (Lipinski definition) is 2. The number of halogens is 1. The molecule has 0 bridgehead atoms. The van der Waals surface area contributed by atoms with Crippen LogP contribution in [0.15, 0.2) is 53.7 Å². The van der Waals surface area contributed by atoms with E-state index in [4.69, 9.17) is 0 Å². The summed E-state index contributed by atoms with van der Waals surface area (Å²) in [5, 5.41) is 10.9. The van der Waals surface area contributed by atoms with E-state index in [-0.39, 0.29) is 5.82 Å². The number of rotatable bonds is 6. The standard InChI is InChI=1S/C21H25FN6/c1-15-11-16(2)28(27-15)20-8-7-18(13-25-20)14-26-21(23-3)24-10-9-17-5-4-6-19(22)12-17/h4-8,11-13H,9-10,14H2,1-3H3,(H2,23,24,26). The molecule has 0 saturated carbocycles. The molecule has 6 nitrogen and oxygen atoms in total. The minimum atomic E-state index is -0.212. The van der Waals surface area contributed by atoms with Crippen molar-refractivity contribution in [3.8, 4) is 5.82 Å². The summed E-state index contributed by atoms with van der Waals surface area (Å²) >= 11 is 0. The number of nitrogens with zero attached hydrogens (tertiary/aromatic N) is 4. The highest BCUT2D eigenvalue weighted by atomic mass is 19.1. The molecule has 3 aromatic rings. The summed E-state index contributed by atoms with van der Waals surface area (Å²) in [6.07, 6.45) is 2.55. The van der Waals surface area contributed by atoms with Crippen molar-refractivity contribution in [2.75, 3.05) is 13.6 Å². The van der Waals surface area contributed by atoms with E-state index in [1.165, 1.54) is 6.07 Å². The van der Waals surface area contributed by atoms with E-state index in [0.717, 1.165) is 34.8 Å². The van der Waals surface area contributed by atoms with Gasteiger partial charge in [0, 0.05) is 32.0 Å². The molecule has 146 valence electrons. The van der Waals surface area contributed by atoms with Crippen molar-refractivity contribution in [3.63, 3.8) is 0 Å². The van der Waals surface area contributed by atoms with Crippen LogP contribution in [0.5, 0.6) is 0 Å². The molecule has 28 heavy (non-hydrogen) atoms. The van der Waals surface area contributed by atoms with Crippen LogP contribution in [0.1, 0.15) is 22.5 Å². The number of guanidine groups is 1. The maximum Gasteiger partial charge on any atom is 0.191 e. The molecule has 3 rings (SSSR count). The van der Waals surface area contributed by atoms with Gasteiger partial charge in [0.25, 0.3) is 0 Å². The van der Waals surface area contributed by atoms with Crippen LogP contribution < -0.4 is 10.6 Å². The van der Waals surface area contributed by atoms with Crippen molar-refractivity contribution >= 4 is 5.96 Å². The van der Waals surface area contributed by atoms with Gasteiger partial charge in [-0.2, -0.15) is 5.10 Å². The van der Waals surface area contributed by atoms with Crippen molar-refractivity contribution in [2.45, 2.75) is 26.8 Å². The Balaban J connectivity index is 1.50. The molecular formula is C21H25FN6. The number of nitrogens with one attached hydrogen (secondary N) is 2. The van der Waals surface area contributed by atoms with Gasteiger partial charge in [-0.3, -0.25) is 4.99 Å². The van der Waals surface area contributed by atoms with E-state index in [9.17, 15) is 4.39 Å². The lowest BCUT2D eigenvalue weighted by Crippen LogP contribution is -2.37. The lowest BCUT2D eigenvalue weighted by Gasteiger charge is -2.12. The molecule has 0 fully saturated rings. The molecule has 2 N–H and O–H groups in total. The number of aliphatic imine (C=N–C) groups is 1. The monoisotopic (exact) mass is 380 g/mol. The number of aryl methyl sites for hydroxylation is 2. The zero-order valence-corrected chi connectivity index (χ0v) is 16.4. The van der Waals surface area contributed by atoms with Crippen LogP contribution in [-0.4, -0.2) is 34.3 Å². The summed E-state index contributed by atoms with van der Waals surface area (Å²) in [6.45, 7) is 5.24. The van der Waals surface area contributed by atoms with Crippen LogP contribution in [0.25, 0.3) is 5.82 Å². The first-order chi connectivity index (χ1) is 13.5. The fourth-order valence-corrected chi connectivity index (χ4v) is 2.93. The minimum absolute atomic E-state index is 0.212. The molecule has 0 aliphatic carbocycles. The van der Waals surface area contributed by atoms with Gasteiger partial charge in [-0.15, -0.1) is 0 Å². The van der Waals surface area contributed by atoms with Gasteiger partial charge >= 0.3 is 0 Å². The summed E-state index contributed by atoms with van der Waals surface area (Å²) in [4.78, 5) is 8.72. The molecule has 0 aliphatic rings. The summed E-state index contributed by atoms with van der Waals surface area (Å²) in [7, 11) is 1.72. The third-order valence-electron chi connectivity index (χ3n) is 4.31. The Morgan fingerprint density at radius 2 is 1.96 bits per heavy atom. The SMILES string of the molecule is CN=C(NCCc1cccc(F)c1)NCc1ccc(-n2nc(C)cc2C)nc1. The van der Waals surface area contributed by atoms with Crippen LogP contribution in [-0.2, 0) is 13.0 Å². The van der Waals surface area contributed by atoms with Gasteiger partial charge in [-0.1, -0.05) is 18.2 Å². The molecule has 0 amide bonds. The zero-order valence-electron chi connectivity index (χ0n) is 16.4. The Labute approximate surface area is 164 Å². The Morgan fingerprint density at radius 1 is 1.11 bits per heavy atom. The van der Waals surface area contributed by atoms with E-state index in [2.05, 4.69) is 25.7 Å². The third kappa shape index (κ3) is 5.16. The maximum absolute atomic E-state index is 13.2. The van der Waals surface area contributed by atoms with Gasteiger partial charge < -0.3 is 10.6 Å². The average Bonchev–Trinajstić information content (AvgIpc) is 3.03. The summed E-state index contributed by atoms with van der Waals surface area (Å²) < 4.78 is 15.1. The molecule has 0 atom stereocenters. The molecule has 0 radical (unpaired) electrons. The van der Waals surface area contributed by atoms with Gasteiger partial charge in [0.15, 0.2) is 11.8 Å². The third-order valence-corrected chi connectivity index (χ3v) is 4.31. The van der Waals surface area contributed by atoms with Crippen LogP contribution in [0, 0.1) is 19.7 Å². The molecular weight excluding hydrogens is 355 g/mol. The fraction of sp³-hybridized carbons (Fsp3) is 0.286. The summed E-state index contributed by atoms with van der Waals surface area (Å²) in [5.74, 6) is 1.28. The molecule has 2 heterocycles. The Hall–Kier alpha value is -3.22. The Kier molecular flexibility index (Phi) is 6.37. The summed E-state index contributed by atoms with van der Waals surface area (Å²) in [6, 6.07) is 12.6. The molecule has 0 unspecified atom stereocenters. The second-order valence-electron chi connectivity index (χ2n) is 6.60. The van der Waals surface area contributed by atoms with Crippen molar-refractivity contribution in [1.29, 1.82) is 0 Å². The van der Waals surface area contributed by atoms with Gasteiger partial charge in [0.1, 0.15) is 5.82 Å². The molecule has 0 aliphatic heterocycles. The highest BCUT2D eigenvalue weighted by Crippen LogP contribution is 2.10. The number of hydrogen-bond acceptors (Lipinski definition) is 3. The van der Waals surface area contributed by atoms with Gasteiger partial charge in [-0.25, -0.2) is 14.1 Å². The van der Waals surface area contributed by atoms with Crippen molar-refractivity contribution in [2.24, 2.45) is 4.99 Å². The second-order valence-corrected chi connectivity index (χ2v) is 6.60. The average molecular weight is 380 g/mol. The predicted octanol–water partition coefficient (Wildman–Crippen LogP) is 2.93. The first kappa shape index (κ1) is 19.5. The quantitative estimate of drug-likeness (QED) is 0.510. The molecule has 7 heteroatoms.